The van der Waals surface area contributed by atoms with E-state index in [2.05, 4.69) is 5.32 Å². The van der Waals surface area contributed by atoms with Crippen molar-refractivity contribution < 1.29 is 8.78 Å². The number of nitrogens with one attached hydrogen (secondary N) is 1. The van der Waals surface area contributed by atoms with Gasteiger partial charge in [-0.15, -0.1) is 0 Å². The van der Waals surface area contributed by atoms with Gasteiger partial charge in [0.1, 0.15) is 12.0 Å². The van der Waals surface area contributed by atoms with Crippen LogP contribution in [0, 0.1) is 5.82 Å². The van der Waals surface area contributed by atoms with Crippen LogP contribution in [0.2, 0.25) is 0 Å². The molecule has 1 aromatic rings. The summed E-state index contributed by atoms with van der Waals surface area (Å²) < 4.78 is 26.7. The smallest absolute Gasteiger partial charge is 0.129 e. The van der Waals surface area contributed by atoms with E-state index in [1.54, 1.807) is 12.1 Å². The van der Waals surface area contributed by atoms with E-state index in [4.69, 9.17) is 0 Å². The molecule has 0 saturated carbocycles. The Morgan fingerprint density at radius 1 is 1.38 bits per heavy atom. The van der Waals surface area contributed by atoms with Gasteiger partial charge in [-0.3, -0.25) is 0 Å². The van der Waals surface area contributed by atoms with Crippen LogP contribution >= 0.6 is 0 Å². The van der Waals surface area contributed by atoms with E-state index in [0.29, 0.717) is 19.5 Å². The van der Waals surface area contributed by atoms with Gasteiger partial charge < -0.3 is 5.32 Å². The van der Waals surface area contributed by atoms with E-state index in [0.717, 1.165) is 5.56 Å². The molecule has 0 amide bonds. The summed E-state index contributed by atoms with van der Waals surface area (Å²) in [7, 11) is 0. The van der Waals surface area contributed by atoms with E-state index in [1.807, 2.05) is 0 Å². The van der Waals surface area contributed by atoms with Gasteiger partial charge in [-0.2, -0.15) is 0 Å². The second kappa shape index (κ2) is 3.42. The molecular formula is C10H11F2N. The van der Waals surface area contributed by atoms with Crippen molar-refractivity contribution in [1.82, 2.24) is 5.32 Å². The van der Waals surface area contributed by atoms with Gasteiger partial charge in [-0.1, -0.05) is 12.1 Å². The number of hydrogen-bond donors (Lipinski definition) is 1. The molecule has 2 rings (SSSR count). The monoisotopic (exact) mass is 183 g/mol. The SMILES string of the molecule is Fc1cccc2c1C(F)CCNC2. The number of benzene rings is 1. The molecule has 0 spiro atoms. The molecule has 1 aliphatic rings. The van der Waals surface area contributed by atoms with Crippen LogP contribution in [0.4, 0.5) is 8.78 Å². The summed E-state index contributed by atoms with van der Waals surface area (Å²) in [6.45, 7) is 1.17. The average molecular weight is 183 g/mol. The van der Waals surface area contributed by atoms with Gasteiger partial charge in [0, 0.05) is 12.1 Å². The van der Waals surface area contributed by atoms with Crippen molar-refractivity contribution in [1.29, 1.82) is 0 Å². The first-order valence-corrected chi connectivity index (χ1v) is 4.41. The van der Waals surface area contributed by atoms with Crippen molar-refractivity contribution in [3.8, 4) is 0 Å². The van der Waals surface area contributed by atoms with E-state index in [9.17, 15) is 8.78 Å². The summed E-state index contributed by atoms with van der Waals surface area (Å²) in [5.74, 6) is -0.422. The average Bonchev–Trinajstić information content (AvgIpc) is 2.29. The first kappa shape index (κ1) is 8.63. The Hall–Kier alpha value is -0.960. The quantitative estimate of drug-likeness (QED) is 0.651. The lowest BCUT2D eigenvalue weighted by Crippen LogP contribution is -2.12. The summed E-state index contributed by atoms with van der Waals surface area (Å²) >= 11 is 0. The van der Waals surface area contributed by atoms with Crippen LogP contribution in [0.15, 0.2) is 18.2 Å². The van der Waals surface area contributed by atoms with Crippen LogP contribution in [0.3, 0.4) is 0 Å². The van der Waals surface area contributed by atoms with Crippen LogP contribution in [0.5, 0.6) is 0 Å². The van der Waals surface area contributed by atoms with Crippen molar-refractivity contribution in [2.75, 3.05) is 6.54 Å². The predicted octanol–water partition coefficient (Wildman–Crippen LogP) is 2.33. The Balaban J connectivity index is 2.48. The topological polar surface area (TPSA) is 12.0 Å². The second-order valence-electron chi connectivity index (χ2n) is 3.25. The van der Waals surface area contributed by atoms with Crippen molar-refractivity contribution in [3.63, 3.8) is 0 Å². The lowest BCUT2D eigenvalue weighted by Gasteiger charge is -2.09. The van der Waals surface area contributed by atoms with Gasteiger partial charge in [0.2, 0.25) is 0 Å². The minimum Gasteiger partial charge on any atom is -0.313 e. The molecule has 1 aliphatic heterocycles. The van der Waals surface area contributed by atoms with Gasteiger partial charge in [0.25, 0.3) is 0 Å². The maximum Gasteiger partial charge on any atom is 0.129 e. The molecule has 0 bridgehead atoms. The lowest BCUT2D eigenvalue weighted by atomic mass is 10.0. The largest absolute Gasteiger partial charge is 0.313 e. The third-order valence-electron chi connectivity index (χ3n) is 2.35. The molecule has 0 aliphatic carbocycles. The van der Waals surface area contributed by atoms with Crippen LogP contribution in [0.25, 0.3) is 0 Å². The molecule has 13 heavy (non-hydrogen) atoms. The molecule has 1 nitrogen and oxygen atoms in total. The summed E-state index contributed by atoms with van der Waals surface area (Å²) in [4.78, 5) is 0. The predicted molar refractivity (Wildman–Crippen MR) is 46.6 cm³/mol. The molecule has 1 heterocycles. The van der Waals surface area contributed by atoms with E-state index < -0.39 is 12.0 Å². The Labute approximate surface area is 75.8 Å². The highest BCUT2D eigenvalue weighted by atomic mass is 19.1. The van der Waals surface area contributed by atoms with Crippen molar-refractivity contribution in [3.05, 3.63) is 35.1 Å². The Bertz CT molecular complexity index is 312. The summed E-state index contributed by atoms with van der Waals surface area (Å²) in [5, 5.41) is 3.05. The van der Waals surface area contributed by atoms with Crippen LogP contribution < -0.4 is 5.32 Å². The fraction of sp³-hybridized carbons (Fsp3) is 0.400. The van der Waals surface area contributed by atoms with Gasteiger partial charge >= 0.3 is 0 Å². The minimum atomic E-state index is -1.16. The number of hydrogen-bond acceptors (Lipinski definition) is 1. The molecule has 1 aromatic carbocycles. The molecule has 1 N–H and O–H groups in total. The van der Waals surface area contributed by atoms with Crippen molar-refractivity contribution >= 4 is 0 Å². The molecule has 0 aromatic heterocycles. The Kier molecular flexibility index (Phi) is 2.27. The highest BCUT2D eigenvalue weighted by molar-refractivity contribution is 5.31. The van der Waals surface area contributed by atoms with E-state index >= 15 is 0 Å². The molecule has 0 radical (unpaired) electrons. The first-order chi connectivity index (χ1) is 6.29. The molecule has 1 atom stereocenters. The van der Waals surface area contributed by atoms with Gasteiger partial charge in [0.05, 0.1) is 0 Å². The molecule has 70 valence electrons. The fourth-order valence-electron chi connectivity index (χ4n) is 1.68. The van der Waals surface area contributed by atoms with Crippen LogP contribution in [-0.2, 0) is 6.54 Å². The molecular weight excluding hydrogens is 172 g/mol. The Morgan fingerprint density at radius 3 is 3.08 bits per heavy atom. The number of rotatable bonds is 0. The maximum atomic E-state index is 13.4. The zero-order valence-electron chi connectivity index (χ0n) is 7.19. The van der Waals surface area contributed by atoms with Gasteiger partial charge in [-0.05, 0) is 24.6 Å². The van der Waals surface area contributed by atoms with Crippen molar-refractivity contribution in [2.24, 2.45) is 0 Å². The minimum absolute atomic E-state index is 0.243. The highest BCUT2D eigenvalue weighted by Crippen LogP contribution is 2.28. The second-order valence-corrected chi connectivity index (χ2v) is 3.25. The number of fused-ring (bicyclic) bond motifs is 1. The fourth-order valence-corrected chi connectivity index (χ4v) is 1.68. The zero-order valence-corrected chi connectivity index (χ0v) is 7.19. The van der Waals surface area contributed by atoms with Crippen LogP contribution in [-0.4, -0.2) is 6.54 Å². The third-order valence-corrected chi connectivity index (χ3v) is 2.35. The molecule has 1 unspecified atom stereocenters. The first-order valence-electron chi connectivity index (χ1n) is 4.41. The number of halogens is 2. The van der Waals surface area contributed by atoms with Crippen molar-refractivity contribution in [2.45, 2.75) is 19.1 Å². The molecule has 0 saturated heterocycles. The molecule has 3 heteroatoms. The maximum absolute atomic E-state index is 13.4. The highest BCUT2D eigenvalue weighted by Gasteiger charge is 2.20. The standard InChI is InChI=1S/C10H11F2N/c11-8-3-1-2-7-6-13-5-4-9(12)10(7)8/h1-3,9,13H,4-6H2. The van der Waals surface area contributed by atoms with Gasteiger partial charge in [0.15, 0.2) is 0 Å². The summed E-state index contributed by atoms with van der Waals surface area (Å²) in [5.41, 5.74) is 0.984. The zero-order chi connectivity index (χ0) is 9.26. The van der Waals surface area contributed by atoms with Crippen LogP contribution in [0.1, 0.15) is 23.7 Å². The third kappa shape index (κ3) is 1.56. The number of alkyl halides is 1. The van der Waals surface area contributed by atoms with E-state index in [-0.39, 0.29) is 5.56 Å². The summed E-state index contributed by atoms with van der Waals surface area (Å²) in [6.07, 6.45) is -0.806. The summed E-state index contributed by atoms with van der Waals surface area (Å²) in [6, 6.07) is 4.70. The lowest BCUT2D eigenvalue weighted by molar-refractivity contribution is 0.316. The van der Waals surface area contributed by atoms with E-state index in [1.165, 1.54) is 6.07 Å². The van der Waals surface area contributed by atoms with Gasteiger partial charge in [-0.25, -0.2) is 8.78 Å². The molecule has 0 fully saturated rings. The normalized spacial score (nSPS) is 22.2. The Morgan fingerprint density at radius 2 is 2.23 bits per heavy atom.